The minimum Gasteiger partial charge on any atom is -0.454 e. The van der Waals surface area contributed by atoms with Gasteiger partial charge in [0, 0.05) is 6.20 Å². The Kier molecular flexibility index (Phi) is 6.24. The molecule has 1 aromatic carbocycles. The average Bonchev–Trinajstić information content (AvgIpc) is 3.15. The summed E-state index contributed by atoms with van der Waals surface area (Å²) in [6.45, 7) is 0.817. The predicted octanol–water partition coefficient (Wildman–Crippen LogP) is 3.20. The average molecular weight is 409 g/mol. The summed E-state index contributed by atoms with van der Waals surface area (Å²) < 4.78 is 43.2. The van der Waals surface area contributed by atoms with Crippen LogP contribution in [0.15, 0.2) is 30.5 Å². The third kappa shape index (κ3) is 5.58. The van der Waals surface area contributed by atoms with Crippen molar-refractivity contribution < 1.29 is 27.5 Å². The predicted molar refractivity (Wildman–Crippen MR) is 97.8 cm³/mol. The van der Waals surface area contributed by atoms with Crippen LogP contribution >= 0.6 is 0 Å². The maximum Gasteiger partial charge on any atom is 0.435 e. The number of fused-ring (bicyclic) bond motifs is 1. The summed E-state index contributed by atoms with van der Waals surface area (Å²) in [5, 5.41) is 6.02. The van der Waals surface area contributed by atoms with Crippen LogP contribution in [0.5, 0.6) is 0 Å². The summed E-state index contributed by atoms with van der Waals surface area (Å²) in [4.78, 5) is 23.8. The SMILES string of the molecule is CC(NC(=O)COC(=O)Cn1ccc(C(F)(F)F)n1)c1ccc2c(c1)CCCC2. The zero-order valence-corrected chi connectivity index (χ0v) is 16.0. The lowest BCUT2D eigenvalue weighted by molar-refractivity contribution is -0.150. The minimum atomic E-state index is -4.58. The first-order valence-corrected chi connectivity index (χ1v) is 9.39. The molecule has 0 aliphatic heterocycles. The third-order valence-electron chi connectivity index (χ3n) is 4.84. The van der Waals surface area contributed by atoms with Gasteiger partial charge in [-0.15, -0.1) is 0 Å². The van der Waals surface area contributed by atoms with Crippen LogP contribution < -0.4 is 5.32 Å². The van der Waals surface area contributed by atoms with Crippen molar-refractivity contribution in [2.45, 2.75) is 51.4 Å². The molecule has 1 atom stereocenters. The highest BCUT2D eigenvalue weighted by Gasteiger charge is 2.33. The van der Waals surface area contributed by atoms with E-state index in [4.69, 9.17) is 4.74 Å². The number of ether oxygens (including phenoxy) is 1. The highest BCUT2D eigenvalue weighted by Crippen LogP contribution is 2.27. The molecule has 1 N–H and O–H groups in total. The molecule has 1 amide bonds. The fourth-order valence-electron chi connectivity index (χ4n) is 3.31. The molecule has 2 aromatic rings. The largest absolute Gasteiger partial charge is 0.454 e. The number of aromatic nitrogens is 2. The fraction of sp³-hybridized carbons (Fsp3) is 0.450. The molecule has 156 valence electrons. The highest BCUT2D eigenvalue weighted by atomic mass is 19.4. The van der Waals surface area contributed by atoms with E-state index >= 15 is 0 Å². The molecule has 1 unspecified atom stereocenters. The van der Waals surface area contributed by atoms with Gasteiger partial charge in [-0.05, 0) is 55.4 Å². The lowest BCUT2D eigenvalue weighted by Crippen LogP contribution is -2.31. The Hall–Kier alpha value is -2.84. The van der Waals surface area contributed by atoms with Crippen LogP contribution in [0, 0.1) is 0 Å². The molecule has 6 nitrogen and oxygen atoms in total. The van der Waals surface area contributed by atoms with Crippen LogP contribution in [0.3, 0.4) is 0 Å². The van der Waals surface area contributed by atoms with Gasteiger partial charge in [-0.3, -0.25) is 14.3 Å². The standard InChI is InChI=1S/C20H22F3N3O3/c1-13(15-7-6-14-4-2-3-5-16(14)10-15)24-18(27)12-29-19(28)11-26-9-8-17(25-26)20(21,22)23/h6-10,13H,2-5,11-12H2,1H3,(H,24,27). The second kappa shape index (κ2) is 8.67. The van der Waals surface area contributed by atoms with E-state index in [1.165, 1.54) is 17.5 Å². The van der Waals surface area contributed by atoms with Crippen molar-refractivity contribution in [1.82, 2.24) is 15.1 Å². The molecule has 0 fully saturated rings. The number of esters is 1. The number of carbonyl (C=O) groups is 2. The van der Waals surface area contributed by atoms with E-state index in [1.807, 2.05) is 13.0 Å². The van der Waals surface area contributed by atoms with Gasteiger partial charge in [0.1, 0.15) is 6.54 Å². The molecule has 1 heterocycles. The monoisotopic (exact) mass is 409 g/mol. The minimum absolute atomic E-state index is 0.256. The first-order valence-electron chi connectivity index (χ1n) is 9.39. The number of benzene rings is 1. The van der Waals surface area contributed by atoms with Gasteiger partial charge in [-0.25, -0.2) is 0 Å². The molecule has 0 bridgehead atoms. The number of hydrogen-bond acceptors (Lipinski definition) is 4. The van der Waals surface area contributed by atoms with Crippen molar-refractivity contribution in [1.29, 1.82) is 0 Å². The quantitative estimate of drug-likeness (QED) is 0.744. The van der Waals surface area contributed by atoms with Crippen LogP contribution in [0.4, 0.5) is 13.2 Å². The zero-order valence-electron chi connectivity index (χ0n) is 16.0. The Morgan fingerprint density at radius 1 is 1.21 bits per heavy atom. The summed E-state index contributed by atoms with van der Waals surface area (Å²) in [6, 6.07) is 6.68. The van der Waals surface area contributed by atoms with Crippen LogP contribution in [-0.2, 0) is 39.9 Å². The summed E-state index contributed by atoms with van der Waals surface area (Å²) in [7, 11) is 0. The second-order valence-corrected chi connectivity index (χ2v) is 7.08. The van der Waals surface area contributed by atoms with Gasteiger partial charge in [0.25, 0.3) is 5.91 Å². The van der Waals surface area contributed by atoms with Gasteiger partial charge in [-0.1, -0.05) is 18.2 Å². The van der Waals surface area contributed by atoms with Gasteiger partial charge in [-0.2, -0.15) is 18.3 Å². The Balaban J connectivity index is 1.46. The number of halogens is 3. The van der Waals surface area contributed by atoms with Gasteiger partial charge in [0.2, 0.25) is 0 Å². The molecule has 1 aliphatic rings. The van der Waals surface area contributed by atoms with Crippen molar-refractivity contribution in [3.63, 3.8) is 0 Å². The van der Waals surface area contributed by atoms with E-state index in [2.05, 4.69) is 22.5 Å². The zero-order chi connectivity index (χ0) is 21.0. The van der Waals surface area contributed by atoms with Crippen LogP contribution in [-0.4, -0.2) is 28.3 Å². The van der Waals surface area contributed by atoms with Crippen molar-refractivity contribution in [3.05, 3.63) is 52.8 Å². The first-order chi connectivity index (χ1) is 13.7. The van der Waals surface area contributed by atoms with Crippen molar-refractivity contribution >= 4 is 11.9 Å². The Morgan fingerprint density at radius 2 is 1.93 bits per heavy atom. The van der Waals surface area contributed by atoms with E-state index in [1.54, 1.807) is 0 Å². The number of alkyl halides is 3. The number of hydrogen-bond donors (Lipinski definition) is 1. The molecule has 0 saturated carbocycles. The van der Waals surface area contributed by atoms with Gasteiger partial charge >= 0.3 is 12.1 Å². The van der Waals surface area contributed by atoms with E-state index in [0.717, 1.165) is 41.8 Å². The Bertz CT molecular complexity index is 893. The molecule has 3 rings (SSSR count). The molecule has 9 heteroatoms. The van der Waals surface area contributed by atoms with E-state index in [-0.39, 0.29) is 6.04 Å². The molecule has 0 saturated heterocycles. The van der Waals surface area contributed by atoms with Crippen LogP contribution in [0.1, 0.15) is 48.2 Å². The molecule has 29 heavy (non-hydrogen) atoms. The van der Waals surface area contributed by atoms with Gasteiger partial charge < -0.3 is 10.1 Å². The molecule has 0 radical (unpaired) electrons. The maximum absolute atomic E-state index is 12.5. The van der Waals surface area contributed by atoms with Crippen molar-refractivity contribution in [2.75, 3.05) is 6.61 Å². The van der Waals surface area contributed by atoms with Crippen molar-refractivity contribution in [2.24, 2.45) is 0 Å². The van der Waals surface area contributed by atoms with E-state index in [9.17, 15) is 22.8 Å². The smallest absolute Gasteiger partial charge is 0.435 e. The Labute approximate surface area is 166 Å². The molecular formula is C20H22F3N3O3. The number of aryl methyl sites for hydroxylation is 2. The summed E-state index contributed by atoms with van der Waals surface area (Å²) in [5.74, 6) is -1.33. The fourth-order valence-corrected chi connectivity index (χ4v) is 3.31. The highest BCUT2D eigenvalue weighted by molar-refractivity contribution is 5.80. The lowest BCUT2D eigenvalue weighted by atomic mass is 9.89. The van der Waals surface area contributed by atoms with Gasteiger partial charge in [0.05, 0.1) is 6.04 Å². The van der Waals surface area contributed by atoms with Gasteiger partial charge in [0.15, 0.2) is 12.3 Å². The summed E-state index contributed by atoms with van der Waals surface area (Å²) >= 11 is 0. The normalized spacial score (nSPS) is 14.8. The molecular weight excluding hydrogens is 387 g/mol. The topological polar surface area (TPSA) is 73.2 Å². The van der Waals surface area contributed by atoms with Crippen molar-refractivity contribution in [3.8, 4) is 0 Å². The molecule has 1 aromatic heterocycles. The summed E-state index contributed by atoms with van der Waals surface area (Å²) in [5.41, 5.74) is 2.53. The number of rotatable bonds is 6. The van der Waals surface area contributed by atoms with Crippen LogP contribution in [0.25, 0.3) is 0 Å². The second-order valence-electron chi connectivity index (χ2n) is 7.08. The number of amides is 1. The lowest BCUT2D eigenvalue weighted by Gasteiger charge is -2.20. The molecule has 1 aliphatic carbocycles. The molecule has 0 spiro atoms. The first kappa shape index (κ1) is 20.9. The Morgan fingerprint density at radius 3 is 2.62 bits per heavy atom. The van der Waals surface area contributed by atoms with Crippen LogP contribution in [0.2, 0.25) is 0 Å². The number of nitrogens with one attached hydrogen (secondary N) is 1. The maximum atomic E-state index is 12.5. The number of carbonyl (C=O) groups excluding carboxylic acids is 2. The van der Waals surface area contributed by atoms with E-state index in [0.29, 0.717) is 0 Å². The van der Waals surface area contributed by atoms with E-state index < -0.39 is 36.9 Å². The summed E-state index contributed by atoms with van der Waals surface area (Å²) in [6.07, 6.45) is 0.913. The third-order valence-corrected chi connectivity index (χ3v) is 4.84. The number of nitrogens with zero attached hydrogens (tertiary/aromatic N) is 2.